The molecule has 0 spiro atoms. The van der Waals surface area contributed by atoms with Crippen LogP contribution in [-0.4, -0.2) is 24.5 Å². The van der Waals surface area contributed by atoms with Crippen molar-refractivity contribution in [3.8, 4) is 0 Å². The van der Waals surface area contributed by atoms with E-state index in [2.05, 4.69) is 25.3 Å². The first-order valence-electron chi connectivity index (χ1n) is 2.50. The number of thioether (sulfide) groups is 1. The van der Waals surface area contributed by atoms with Gasteiger partial charge in [-0.1, -0.05) is 27.7 Å². The van der Waals surface area contributed by atoms with Crippen LogP contribution in [0.5, 0.6) is 0 Å². The van der Waals surface area contributed by atoms with Gasteiger partial charge in [-0.15, -0.1) is 6.58 Å². The Morgan fingerprint density at radius 2 is 1.67 bits per heavy atom. The van der Waals surface area contributed by atoms with Crippen molar-refractivity contribution in [1.29, 1.82) is 0 Å². The highest BCUT2D eigenvalue weighted by atomic mass is 33.1. The summed E-state index contributed by atoms with van der Waals surface area (Å²) in [7, 11) is 3.55. The summed E-state index contributed by atoms with van der Waals surface area (Å²) in [5.74, 6) is 1.07. The Hall–Kier alpha value is 0.790. The van der Waals surface area contributed by atoms with Crippen molar-refractivity contribution in [2.75, 3.05) is 24.5 Å². The van der Waals surface area contributed by atoms with Gasteiger partial charge in [-0.25, -0.2) is 0 Å². The van der Waals surface area contributed by atoms with Crippen LogP contribution >= 0.6 is 33.3 Å². The predicted octanol–water partition coefficient (Wildman–Crippen LogP) is 3.16. The third-order valence-corrected chi connectivity index (χ3v) is 2.35. The van der Waals surface area contributed by atoms with Gasteiger partial charge in [-0.2, -0.15) is 11.8 Å². The first-order chi connectivity index (χ1) is 4.33. The second-order valence-corrected chi connectivity index (χ2v) is 4.65. The minimum absolute atomic E-state index is 1.07. The molecule has 0 aliphatic heterocycles. The van der Waals surface area contributed by atoms with Crippen LogP contribution in [0, 0.1) is 0 Å². The molecule has 0 bridgehead atoms. The standard InChI is InChI=1S/C4H8S.C2H6S2/c1-3-4-5-2;1-3-4-2/h3H,1,4H2,2H3;1-2H3. The second-order valence-electron chi connectivity index (χ2n) is 1.08. The molecule has 0 unspecified atom stereocenters. The summed E-state index contributed by atoms with van der Waals surface area (Å²) in [6, 6.07) is 0. The average Bonchev–Trinajstić information content (AvgIpc) is 1.91. The van der Waals surface area contributed by atoms with E-state index in [-0.39, 0.29) is 0 Å². The maximum atomic E-state index is 3.53. The summed E-state index contributed by atoms with van der Waals surface area (Å²) >= 11 is 1.78. The van der Waals surface area contributed by atoms with Crippen molar-refractivity contribution in [2.24, 2.45) is 0 Å². The van der Waals surface area contributed by atoms with E-state index in [9.17, 15) is 0 Å². The average molecular weight is 182 g/mol. The van der Waals surface area contributed by atoms with Gasteiger partial charge < -0.3 is 0 Å². The molecule has 0 N–H and O–H groups in total. The molecule has 0 saturated carbocycles. The second kappa shape index (κ2) is 15.9. The van der Waals surface area contributed by atoms with Crippen molar-refractivity contribution >= 4 is 33.3 Å². The molecule has 0 heterocycles. The summed E-state index contributed by atoms with van der Waals surface area (Å²) in [5, 5.41) is 0. The highest BCUT2D eigenvalue weighted by Crippen LogP contribution is 2.09. The maximum Gasteiger partial charge on any atom is 0.0107 e. The Labute approximate surface area is 70.6 Å². The molecule has 0 aliphatic rings. The zero-order chi connectivity index (χ0) is 7.54. The van der Waals surface area contributed by atoms with Gasteiger partial charge in [0.25, 0.3) is 0 Å². The Morgan fingerprint density at radius 3 is 1.67 bits per heavy atom. The SMILES string of the molecule is C=CCSC.CSSC. The largest absolute Gasteiger partial charge is 0.161 e. The van der Waals surface area contributed by atoms with Gasteiger partial charge in [0.2, 0.25) is 0 Å². The van der Waals surface area contributed by atoms with Gasteiger partial charge in [0.05, 0.1) is 0 Å². The van der Waals surface area contributed by atoms with Gasteiger partial charge in [-0.3, -0.25) is 0 Å². The monoisotopic (exact) mass is 182 g/mol. The fraction of sp³-hybridized carbons (Fsp3) is 0.667. The van der Waals surface area contributed by atoms with Crippen molar-refractivity contribution in [2.45, 2.75) is 0 Å². The zero-order valence-electron chi connectivity index (χ0n) is 6.22. The first-order valence-corrected chi connectivity index (χ1v) is 6.86. The number of rotatable bonds is 3. The maximum absolute atomic E-state index is 3.53. The highest BCUT2D eigenvalue weighted by molar-refractivity contribution is 8.76. The topological polar surface area (TPSA) is 0 Å². The Balaban J connectivity index is 0. The minimum atomic E-state index is 1.07. The predicted molar refractivity (Wildman–Crippen MR) is 55.6 cm³/mol. The molecule has 56 valence electrons. The molecular formula is C6H14S3. The van der Waals surface area contributed by atoms with E-state index >= 15 is 0 Å². The third kappa shape index (κ3) is 28.2. The van der Waals surface area contributed by atoms with E-state index in [0.717, 1.165) is 5.75 Å². The van der Waals surface area contributed by atoms with Crippen LogP contribution in [-0.2, 0) is 0 Å². The van der Waals surface area contributed by atoms with Crippen LogP contribution in [0.3, 0.4) is 0 Å². The van der Waals surface area contributed by atoms with Crippen LogP contribution in [0.1, 0.15) is 0 Å². The molecule has 0 nitrogen and oxygen atoms in total. The molecule has 0 aromatic heterocycles. The molecule has 3 heteroatoms. The van der Waals surface area contributed by atoms with Gasteiger partial charge >= 0.3 is 0 Å². The van der Waals surface area contributed by atoms with Crippen LogP contribution in [0.4, 0.5) is 0 Å². The van der Waals surface area contributed by atoms with E-state index in [4.69, 9.17) is 0 Å². The van der Waals surface area contributed by atoms with Crippen molar-refractivity contribution in [3.63, 3.8) is 0 Å². The molecule has 0 radical (unpaired) electrons. The Kier molecular flexibility index (Phi) is 22.0. The van der Waals surface area contributed by atoms with Crippen LogP contribution in [0.2, 0.25) is 0 Å². The lowest BCUT2D eigenvalue weighted by Gasteiger charge is -1.74. The third-order valence-electron chi connectivity index (χ3n) is 0.451. The molecule has 0 amide bonds. The van der Waals surface area contributed by atoms with E-state index in [1.165, 1.54) is 0 Å². The Bertz CT molecular complexity index is 43.6. The highest BCUT2D eigenvalue weighted by Gasteiger charge is 1.60. The zero-order valence-corrected chi connectivity index (χ0v) is 8.67. The molecule has 0 aliphatic carbocycles. The van der Waals surface area contributed by atoms with Crippen LogP contribution in [0.15, 0.2) is 12.7 Å². The van der Waals surface area contributed by atoms with Gasteiger partial charge in [0, 0.05) is 5.75 Å². The van der Waals surface area contributed by atoms with E-state index in [1.807, 2.05) is 6.08 Å². The fourth-order valence-electron chi connectivity index (χ4n) is 0.118. The Morgan fingerprint density at radius 1 is 1.22 bits per heavy atom. The van der Waals surface area contributed by atoms with Crippen LogP contribution in [0.25, 0.3) is 0 Å². The van der Waals surface area contributed by atoms with Gasteiger partial charge in [-0.05, 0) is 18.8 Å². The van der Waals surface area contributed by atoms with Gasteiger partial charge in [0.1, 0.15) is 0 Å². The molecule has 0 atom stereocenters. The normalized spacial score (nSPS) is 7.44. The summed E-state index contributed by atoms with van der Waals surface area (Å²) in [4.78, 5) is 0. The van der Waals surface area contributed by atoms with Crippen molar-refractivity contribution < 1.29 is 0 Å². The lowest BCUT2D eigenvalue weighted by atomic mass is 10.8. The molecule has 0 fully saturated rings. The summed E-state index contributed by atoms with van der Waals surface area (Å²) in [6.45, 7) is 3.53. The van der Waals surface area contributed by atoms with Gasteiger partial charge in [0.15, 0.2) is 0 Å². The summed E-state index contributed by atoms with van der Waals surface area (Å²) in [5.41, 5.74) is 0. The molecule has 0 saturated heterocycles. The van der Waals surface area contributed by atoms with Crippen molar-refractivity contribution in [1.82, 2.24) is 0 Å². The molecule has 9 heavy (non-hydrogen) atoms. The number of hydrogen-bond donors (Lipinski definition) is 0. The minimum Gasteiger partial charge on any atom is -0.161 e. The molecule has 0 aromatic rings. The smallest absolute Gasteiger partial charge is 0.0107 e. The quantitative estimate of drug-likeness (QED) is 0.486. The fourth-order valence-corrected chi connectivity index (χ4v) is 0.354. The summed E-state index contributed by atoms with van der Waals surface area (Å²) in [6.07, 6.45) is 8.07. The summed E-state index contributed by atoms with van der Waals surface area (Å²) < 4.78 is 0. The van der Waals surface area contributed by atoms with E-state index in [0.29, 0.717) is 0 Å². The van der Waals surface area contributed by atoms with Crippen LogP contribution < -0.4 is 0 Å². The first kappa shape index (κ1) is 12.5. The lowest BCUT2D eigenvalue weighted by Crippen LogP contribution is -1.57. The number of hydrogen-bond acceptors (Lipinski definition) is 3. The van der Waals surface area contributed by atoms with E-state index in [1.54, 1.807) is 33.3 Å². The van der Waals surface area contributed by atoms with E-state index < -0.39 is 0 Å². The molecule has 0 aromatic carbocycles. The molecule has 0 rings (SSSR count). The molecular weight excluding hydrogens is 168 g/mol. The van der Waals surface area contributed by atoms with Crippen molar-refractivity contribution in [3.05, 3.63) is 12.7 Å². The lowest BCUT2D eigenvalue weighted by molar-refractivity contribution is 1.82.